The van der Waals surface area contributed by atoms with Gasteiger partial charge in [-0.15, -0.1) is 0 Å². The number of rotatable bonds is 1. The van der Waals surface area contributed by atoms with Crippen molar-refractivity contribution < 1.29 is 4.79 Å². The fourth-order valence-electron chi connectivity index (χ4n) is 2.23. The molecule has 0 heterocycles. The van der Waals surface area contributed by atoms with Gasteiger partial charge in [-0.05, 0) is 22.8 Å². The second kappa shape index (κ2) is 8.91. The first kappa shape index (κ1) is 16.9. The van der Waals surface area contributed by atoms with Crippen molar-refractivity contribution in [2.24, 2.45) is 0 Å². The first-order chi connectivity index (χ1) is 10.3. The molecule has 1 aliphatic rings. The third-order valence-electron chi connectivity index (χ3n) is 3.07. The highest BCUT2D eigenvalue weighted by molar-refractivity contribution is 6.29. The van der Waals surface area contributed by atoms with Gasteiger partial charge in [0.25, 0.3) is 0 Å². The number of benzene rings is 2. The molecule has 0 fully saturated rings. The smallest absolute Gasteiger partial charge is 0.167 e. The highest BCUT2D eigenvalue weighted by atomic mass is 16.1. The van der Waals surface area contributed by atoms with Crippen LogP contribution in [-0.4, -0.2) is 5.78 Å². The Bertz CT molecular complexity index is 594. The number of carbonyl (C=O) groups excluding carboxylic acids is 1. The average Bonchev–Trinajstić information content (AvgIpc) is 2.88. The molecule has 0 amide bonds. The van der Waals surface area contributed by atoms with Crippen molar-refractivity contribution in [3.63, 3.8) is 0 Å². The molecule has 0 atom stereocenters. The predicted molar refractivity (Wildman–Crippen MR) is 92.2 cm³/mol. The number of ketones is 1. The molecule has 2 aromatic rings. The number of fused-ring (bicyclic) bond motifs is 1. The zero-order chi connectivity index (χ0) is 15.7. The van der Waals surface area contributed by atoms with Gasteiger partial charge in [-0.2, -0.15) is 0 Å². The van der Waals surface area contributed by atoms with E-state index in [0.717, 1.165) is 22.3 Å². The summed E-state index contributed by atoms with van der Waals surface area (Å²) in [6.45, 7) is 8.00. The van der Waals surface area contributed by atoms with Gasteiger partial charge in [-0.3, -0.25) is 4.79 Å². The average molecular weight is 280 g/mol. The van der Waals surface area contributed by atoms with Crippen molar-refractivity contribution in [1.82, 2.24) is 0 Å². The van der Waals surface area contributed by atoms with Crippen LogP contribution >= 0.6 is 0 Å². The summed E-state index contributed by atoms with van der Waals surface area (Å²) in [6.07, 6.45) is 2.52. The Morgan fingerprint density at radius 2 is 1.38 bits per heavy atom. The van der Waals surface area contributed by atoms with E-state index in [-0.39, 0.29) is 5.78 Å². The number of hydrogen-bond acceptors (Lipinski definition) is 1. The Morgan fingerprint density at radius 3 is 2.05 bits per heavy atom. The molecule has 0 aromatic heterocycles. The monoisotopic (exact) mass is 280 g/mol. The van der Waals surface area contributed by atoms with Gasteiger partial charge in [-0.1, -0.05) is 82.3 Å². The summed E-state index contributed by atoms with van der Waals surface area (Å²) in [5.74, 6) is 0.218. The lowest BCUT2D eigenvalue weighted by molar-refractivity contribution is -0.112. The van der Waals surface area contributed by atoms with Crippen LogP contribution in [0, 0.1) is 0 Å². The molecule has 110 valence electrons. The SMILES string of the molecule is CC.CC.O=C1Cc2ccccc2/C1=C\c1ccccc1. The standard InChI is InChI=1S/C16H12O.2C2H6/c17-16-11-13-8-4-5-9-14(13)15(16)10-12-6-2-1-3-7-12;2*1-2/h1-10H,11H2;2*1-2H3/b15-10+;;. The molecule has 0 bridgehead atoms. The molecule has 0 saturated carbocycles. The third-order valence-corrected chi connectivity index (χ3v) is 3.07. The fourth-order valence-corrected chi connectivity index (χ4v) is 2.23. The van der Waals surface area contributed by atoms with Crippen LogP contribution in [0.3, 0.4) is 0 Å². The minimum atomic E-state index is 0.218. The van der Waals surface area contributed by atoms with Crippen LogP contribution in [0.15, 0.2) is 54.6 Å². The van der Waals surface area contributed by atoms with Gasteiger partial charge >= 0.3 is 0 Å². The van der Waals surface area contributed by atoms with Crippen LogP contribution < -0.4 is 0 Å². The van der Waals surface area contributed by atoms with Crippen molar-refractivity contribution in [3.05, 3.63) is 71.3 Å². The number of allylic oxidation sites excluding steroid dienone is 1. The lowest BCUT2D eigenvalue weighted by Crippen LogP contribution is -1.93. The topological polar surface area (TPSA) is 17.1 Å². The van der Waals surface area contributed by atoms with Gasteiger partial charge in [0.2, 0.25) is 0 Å². The molecular formula is C20H24O. The van der Waals surface area contributed by atoms with E-state index in [9.17, 15) is 4.79 Å². The molecule has 2 aromatic carbocycles. The Kier molecular flexibility index (Phi) is 7.17. The minimum Gasteiger partial charge on any atom is -0.294 e. The molecule has 0 radical (unpaired) electrons. The second-order valence-electron chi connectivity index (χ2n) is 4.23. The van der Waals surface area contributed by atoms with Crippen molar-refractivity contribution in [2.45, 2.75) is 34.1 Å². The van der Waals surface area contributed by atoms with E-state index in [4.69, 9.17) is 0 Å². The molecular weight excluding hydrogens is 256 g/mol. The first-order valence-corrected chi connectivity index (χ1v) is 7.73. The van der Waals surface area contributed by atoms with E-state index in [1.165, 1.54) is 0 Å². The summed E-state index contributed by atoms with van der Waals surface area (Å²) in [7, 11) is 0. The molecule has 1 heteroatoms. The largest absolute Gasteiger partial charge is 0.294 e. The zero-order valence-electron chi connectivity index (χ0n) is 13.4. The van der Waals surface area contributed by atoms with E-state index in [0.29, 0.717) is 6.42 Å². The number of Topliss-reactive ketones (excluding diaryl/α,β-unsaturated/α-hetero) is 1. The Morgan fingerprint density at radius 1 is 0.810 bits per heavy atom. The van der Waals surface area contributed by atoms with Crippen LogP contribution in [0.25, 0.3) is 11.6 Å². The molecule has 0 N–H and O–H groups in total. The fraction of sp³-hybridized carbons (Fsp3) is 0.250. The molecule has 3 rings (SSSR count). The van der Waals surface area contributed by atoms with Gasteiger partial charge in [0.1, 0.15) is 0 Å². The summed E-state index contributed by atoms with van der Waals surface area (Å²) < 4.78 is 0. The Hall–Kier alpha value is -2.15. The summed E-state index contributed by atoms with van der Waals surface area (Å²) >= 11 is 0. The Labute approximate surface area is 128 Å². The van der Waals surface area contributed by atoms with E-state index < -0.39 is 0 Å². The van der Waals surface area contributed by atoms with Gasteiger partial charge in [0.05, 0.1) is 0 Å². The molecule has 1 aliphatic carbocycles. The molecule has 0 aliphatic heterocycles. The van der Waals surface area contributed by atoms with Gasteiger partial charge in [0, 0.05) is 12.0 Å². The van der Waals surface area contributed by atoms with E-state index in [1.807, 2.05) is 88.4 Å². The zero-order valence-corrected chi connectivity index (χ0v) is 13.4. The van der Waals surface area contributed by atoms with Crippen LogP contribution in [0.1, 0.15) is 44.4 Å². The van der Waals surface area contributed by atoms with Gasteiger partial charge < -0.3 is 0 Å². The van der Waals surface area contributed by atoms with Crippen molar-refractivity contribution in [1.29, 1.82) is 0 Å². The van der Waals surface area contributed by atoms with Crippen molar-refractivity contribution in [2.75, 3.05) is 0 Å². The molecule has 1 nitrogen and oxygen atoms in total. The third kappa shape index (κ3) is 4.16. The van der Waals surface area contributed by atoms with Crippen molar-refractivity contribution >= 4 is 17.4 Å². The van der Waals surface area contributed by atoms with E-state index >= 15 is 0 Å². The normalized spacial score (nSPS) is 13.7. The summed E-state index contributed by atoms with van der Waals surface area (Å²) in [5, 5.41) is 0. The summed E-state index contributed by atoms with van der Waals surface area (Å²) in [6, 6.07) is 18.0. The van der Waals surface area contributed by atoms with E-state index in [2.05, 4.69) is 0 Å². The maximum absolute atomic E-state index is 12.0. The van der Waals surface area contributed by atoms with Crippen LogP contribution in [0.5, 0.6) is 0 Å². The summed E-state index contributed by atoms with van der Waals surface area (Å²) in [4.78, 5) is 12.0. The molecule has 0 unspecified atom stereocenters. The number of carbonyl (C=O) groups is 1. The lowest BCUT2D eigenvalue weighted by atomic mass is 10.0. The molecule has 0 spiro atoms. The predicted octanol–water partition coefficient (Wildman–Crippen LogP) is 5.40. The molecule has 21 heavy (non-hydrogen) atoms. The maximum Gasteiger partial charge on any atom is 0.167 e. The van der Waals surface area contributed by atoms with Crippen LogP contribution in [-0.2, 0) is 11.2 Å². The van der Waals surface area contributed by atoms with Gasteiger partial charge in [0.15, 0.2) is 5.78 Å². The quantitative estimate of drug-likeness (QED) is 0.639. The second-order valence-corrected chi connectivity index (χ2v) is 4.23. The van der Waals surface area contributed by atoms with E-state index in [1.54, 1.807) is 0 Å². The minimum absolute atomic E-state index is 0.218. The highest BCUT2D eigenvalue weighted by Crippen LogP contribution is 2.30. The number of hydrogen-bond donors (Lipinski definition) is 0. The van der Waals surface area contributed by atoms with Crippen LogP contribution in [0.2, 0.25) is 0 Å². The lowest BCUT2D eigenvalue weighted by Gasteiger charge is -1.99. The summed E-state index contributed by atoms with van der Waals surface area (Å²) in [5.41, 5.74) is 4.14. The molecule has 0 saturated heterocycles. The highest BCUT2D eigenvalue weighted by Gasteiger charge is 2.23. The van der Waals surface area contributed by atoms with Crippen LogP contribution in [0.4, 0.5) is 0 Å². The first-order valence-electron chi connectivity index (χ1n) is 7.73. The maximum atomic E-state index is 12.0. The van der Waals surface area contributed by atoms with Crippen molar-refractivity contribution in [3.8, 4) is 0 Å². The Balaban J connectivity index is 0.000000510. The van der Waals surface area contributed by atoms with Gasteiger partial charge in [-0.25, -0.2) is 0 Å².